The highest BCUT2D eigenvalue weighted by Crippen LogP contribution is 2.19. The van der Waals surface area contributed by atoms with E-state index in [1.54, 1.807) is 25.5 Å². The van der Waals surface area contributed by atoms with Crippen molar-refractivity contribution in [3.8, 4) is 11.3 Å². The van der Waals surface area contributed by atoms with Gasteiger partial charge in [0.1, 0.15) is 0 Å². The third-order valence-corrected chi connectivity index (χ3v) is 4.72. The fourth-order valence-electron chi connectivity index (χ4n) is 1.80. The SMILES string of the molecule is CCS(=O)(=O)CCNCc1cn[nH]c1-c1cccnc1. The predicted molar refractivity (Wildman–Crippen MR) is 77.9 cm³/mol. The van der Waals surface area contributed by atoms with Gasteiger partial charge in [-0.15, -0.1) is 0 Å². The number of pyridine rings is 1. The van der Waals surface area contributed by atoms with Crippen LogP contribution >= 0.6 is 0 Å². The third-order valence-electron chi connectivity index (χ3n) is 3.01. The zero-order chi connectivity index (χ0) is 14.4. The Kier molecular flexibility index (Phi) is 4.86. The Hall–Kier alpha value is -1.73. The molecule has 0 atom stereocenters. The van der Waals surface area contributed by atoms with E-state index >= 15 is 0 Å². The highest BCUT2D eigenvalue weighted by Gasteiger charge is 2.09. The van der Waals surface area contributed by atoms with Gasteiger partial charge in [0.15, 0.2) is 9.84 Å². The van der Waals surface area contributed by atoms with E-state index in [0.29, 0.717) is 13.1 Å². The number of aromatic amines is 1. The first-order chi connectivity index (χ1) is 9.62. The van der Waals surface area contributed by atoms with Crippen LogP contribution in [-0.4, -0.2) is 41.6 Å². The van der Waals surface area contributed by atoms with E-state index < -0.39 is 9.84 Å². The van der Waals surface area contributed by atoms with Crippen LogP contribution in [0.1, 0.15) is 12.5 Å². The Morgan fingerprint density at radius 2 is 2.20 bits per heavy atom. The molecule has 0 aliphatic rings. The molecule has 20 heavy (non-hydrogen) atoms. The summed E-state index contributed by atoms with van der Waals surface area (Å²) in [5, 5.41) is 10.1. The molecule has 0 spiro atoms. The van der Waals surface area contributed by atoms with Gasteiger partial charge in [-0.2, -0.15) is 5.10 Å². The standard InChI is InChI=1S/C13H18N4O2S/c1-2-20(18,19)7-6-15-9-12-10-16-17-13(12)11-4-3-5-14-8-11/h3-5,8,10,15H,2,6-7,9H2,1H3,(H,16,17). The van der Waals surface area contributed by atoms with Gasteiger partial charge in [0.25, 0.3) is 0 Å². The first-order valence-electron chi connectivity index (χ1n) is 6.46. The highest BCUT2D eigenvalue weighted by molar-refractivity contribution is 7.91. The zero-order valence-electron chi connectivity index (χ0n) is 11.3. The van der Waals surface area contributed by atoms with E-state index in [9.17, 15) is 8.42 Å². The lowest BCUT2D eigenvalue weighted by molar-refractivity contribution is 0.592. The summed E-state index contributed by atoms with van der Waals surface area (Å²) in [4.78, 5) is 4.07. The van der Waals surface area contributed by atoms with E-state index in [-0.39, 0.29) is 11.5 Å². The van der Waals surface area contributed by atoms with Crippen LogP contribution in [0.2, 0.25) is 0 Å². The van der Waals surface area contributed by atoms with Crippen molar-refractivity contribution in [2.45, 2.75) is 13.5 Å². The van der Waals surface area contributed by atoms with Crippen molar-refractivity contribution in [2.24, 2.45) is 0 Å². The molecule has 2 heterocycles. The van der Waals surface area contributed by atoms with Gasteiger partial charge in [-0.25, -0.2) is 8.42 Å². The zero-order valence-corrected chi connectivity index (χ0v) is 12.2. The molecule has 2 rings (SSSR count). The second kappa shape index (κ2) is 6.62. The van der Waals surface area contributed by atoms with Crippen molar-refractivity contribution in [1.82, 2.24) is 20.5 Å². The van der Waals surface area contributed by atoms with Crippen molar-refractivity contribution >= 4 is 9.84 Å². The first kappa shape index (κ1) is 14.7. The molecule has 0 aliphatic carbocycles. The second-order valence-electron chi connectivity index (χ2n) is 4.43. The molecule has 0 saturated heterocycles. The lowest BCUT2D eigenvalue weighted by Gasteiger charge is -2.05. The molecule has 108 valence electrons. The minimum atomic E-state index is -2.92. The van der Waals surface area contributed by atoms with Crippen molar-refractivity contribution in [3.05, 3.63) is 36.3 Å². The number of nitrogens with zero attached hydrogens (tertiary/aromatic N) is 2. The molecule has 2 aromatic rings. The molecule has 0 aromatic carbocycles. The Labute approximate surface area is 118 Å². The molecule has 0 radical (unpaired) electrons. The highest BCUT2D eigenvalue weighted by atomic mass is 32.2. The Morgan fingerprint density at radius 3 is 2.90 bits per heavy atom. The maximum atomic E-state index is 11.4. The van der Waals surface area contributed by atoms with Crippen LogP contribution in [-0.2, 0) is 16.4 Å². The maximum Gasteiger partial charge on any atom is 0.151 e. The van der Waals surface area contributed by atoms with Gasteiger partial charge in [0.2, 0.25) is 0 Å². The van der Waals surface area contributed by atoms with Crippen molar-refractivity contribution < 1.29 is 8.42 Å². The maximum absolute atomic E-state index is 11.4. The summed E-state index contributed by atoms with van der Waals surface area (Å²) in [7, 11) is -2.92. The minimum Gasteiger partial charge on any atom is -0.312 e. The normalized spacial score (nSPS) is 11.7. The van der Waals surface area contributed by atoms with Gasteiger partial charge in [0.05, 0.1) is 17.6 Å². The fourth-order valence-corrected chi connectivity index (χ4v) is 2.54. The van der Waals surface area contributed by atoms with Gasteiger partial charge in [0, 0.05) is 42.4 Å². The van der Waals surface area contributed by atoms with Crippen LogP contribution in [0.4, 0.5) is 0 Å². The van der Waals surface area contributed by atoms with E-state index in [1.807, 2.05) is 12.1 Å². The molecule has 0 fully saturated rings. The van der Waals surface area contributed by atoms with Crippen LogP contribution in [0.25, 0.3) is 11.3 Å². The summed E-state index contributed by atoms with van der Waals surface area (Å²) >= 11 is 0. The number of H-pyrrole nitrogens is 1. The van der Waals surface area contributed by atoms with Crippen LogP contribution in [0.15, 0.2) is 30.7 Å². The van der Waals surface area contributed by atoms with Crippen molar-refractivity contribution in [3.63, 3.8) is 0 Å². The monoisotopic (exact) mass is 294 g/mol. The second-order valence-corrected chi connectivity index (χ2v) is 6.90. The number of rotatable bonds is 7. The summed E-state index contributed by atoms with van der Waals surface area (Å²) < 4.78 is 22.8. The van der Waals surface area contributed by atoms with Gasteiger partial charge in [-0.05, 0) is 12.1 Å². The van der Waals surface area contributed by atoms with Gasteiger partial charge in [-0.3, -0.25) is 10.1 Å². The van der Waals surface area contributed by atoms with Crippen LogP contribution < -0.4 is 5.32 Å². The van der Waals surface area contributed by atoms with Crippen molar-refractivity contribution in [1.29, 1.82) is 0 Å². The number of hydrogen-bond acceptors (Lipinski definition) is 5. The summed E-state index contributed by atoms with van der Waals surface area (Å²) in [6.45, 7) is 2.67. The molecule has 0 saturated carbocycles. The van der Waals surface area contributed by atoms with E-state index in [2.05, 4.69) is 20.5 Å². The molecule has 7 heteroatoms. The lowest BCUT2D eigenvalue weighted by atomic mass is 10.1. The van der Waals surface area contributed by atoms with Crippen LogP contribution in [0.3, 0.4) is 0 Å². The number of sulfone groups is 1. The molecular formula is C13H18N4O2S. The summed E-state index contributed by atoms with van der Waals surface area (Å²) in [6.07, 6.45) is 5.22. The van der Waals surface area contributed by atoms with Gasteiger partial charge < -0.3 is 5.32 Å². The summed E-state index contributed by atoms with van der Waals surface area (Å²) in [5.74, 6) is 0.338. The summed E-state index contributed by atoms with van der Waals surface area (Å²) in [5.41, 5.74) is 2.86. The minimum absolute atomic E-state index is 0.156. The topological polar surface area (TPSA) is 87.7 Å². The number of aromatic nitrogens is 3. The van der Waals surface area contributed by atoms with Crippen LogP contribution in [0, 0.1) is 0 Å². The molecule has 2 N–H and O–H groups in total. The van der Waals surface area contributed by atoms with E-state index in [1.165, 1.54) is 0 Å². The first-order valence-corrected chi connectivity index (χ1v) is 8.28. The van der Waals surface area contributed by atoms with Gasteiger partial charge in [-0.1, -0.05) is 6.92 Å². The Morgan fingerprint density at radius 1 is 1.35 bits per heavy atom. The number of hydrogen-bond donors (Lipinski definition) is 2. The average Bonchev–Trinajstić information content (AvgIpc) is 2.93. The third kappa shape index (κ3) is 3.88. The van der Waals surface area contributed by atoms with Crippen LogP contribution in [0.5, 0.6) is 0 Å². The predicted octanol–water partition coefficient (Wildman–Crippen LogP) is 0.996. The quantitative estimate of drug-likeness (QED) is 0.744. The van der Waals surface area contributed by atoms with Gasteiger partial charge >= 0.3 is 0 Å². The molecule has 6 nitrogen and oxygen atoms in total. The largest absolute Gasteiger partial charge is 0.312 e. The average molecular weight is 294 g/mol. The lowest BCUT2D eigenvalue weighted by Crippen LogP contribution is -2.23. The smallest absolute Gasteiger partial charge is 0.151 e. The van der Waals surface area contributed by atoms with Crippen molar-refractivity contribution in [2.75, 3.05) is 18.1 Å². The van der Waals surface area contributed by atoms with E-state index in [4.69, 9.17) is 0 Å². The number of nitrogens with one attached hydrogen (secondary N) is 2. The molecular weight excluding hydrogens is 276 g/mol. The molecule has 0 aliphatic heterocycles. The Bertz CT molecular complexity index is 637. The van der Waals surface area contributed by atoms with E-state index in [0.717, 1.165) is 16.8 Å². The fraction of sp³-hybridized carbons (Fsp3) is 0.385. The Balaban J connectivity index is 1.94. The molecule has 0 amide bonds. The molecule has 2 aromatic heterocycles. The molecule has 0 bridgehead atoms. The summed E-state index contributed by atoms with van der Waals surface area (Å²) in [6, 6.07) is 3.81. The molecule has 0 unspecified atom stereocenters.